The number of methoxy groups -OCH3 is 1. The van der Waals surface area contributed by atoms with Gasteiger partial charge in [-0.05, 0) is 37.1 Å². The molecule has 1 heterocycles. The minimum absolute atomic E-state index is 0.0341. The fraction of sp³-hybridized carbons (Fsp3) is 0.500. The number of carbonyl (C=O) groups excluding carboxylic acids is 2. The Balaban J connectivity index is 2.27. The number of benzene rings is 1. The van der Waals surface area contributed by atoms with E-state index >= 15 is 0 Å². The van der Waals surface area contributed by atoms with Crippen molar-refractivity contribution in [3.8, 4) is 5.75 Å². The van der Waals surface area contributed by atoms with Gasteiger partial charge in [-0.15, -0.1) is 0 Å². The summed E-state index contributed by atoms with van der Waals surface area (Å²) in [7, 11) is 1.58. The van der Waals surface area contributed by atoms with Gasteiger partial charge in [-0.25, -0.2) is 4.79 Å². The number of nitrogens with zero attached hydrogens (tertiary/aromatic N) is 1. The van der Waals surface area contributed by atoms with Gasteiger partial charge in [0.2, 0.25) is 5.91 Å². The highest BCUT2D eigenvalue weighted by Crippen LogP contribution is 2.38. The zero-order valence-electron chi connectivity index (χ0n) is 12.8. The van der Waals surface area contributed by atoms with E-state index in [-0.39, 0.29) is 23.7 Å². The number of rotatable bonds is 5. The van der Waals surface area contributed by atoms with Crippen molar-refractivity contribution in [1.82, 2.24) is 0 Å². The van der Waals surface area contributed by atoms with Gasteiger partial charge in [0.25, 0.3) is 0 Å². The van der Waals surface area contributed by atoms with Crippen molar-refractivity contribution in [3.63, 3.8) is 0 Å². The maximum atomic E-state index is 12.4. The predicted molar refractivity (Wildman–Crippen MR) is 79.2 cm³/mol. The number of β-lactam (4-membered cyclic amide) rings is 1. The molecule has 1 aliphatic heterocycles. The minimum atomic E-state index is -0.536. The van der Waals surface area contributed by atoms with Crippen LogP contribution in [0.15, 0.2) is 24.3 Å². The van der Waals surface area contributed by atoms with Gasteiger partial charge in [0.1, 0.15) is 11.8 Å². The fourth-order valence-electron chi connectivity index (χ4n) is 2.67. The zero-order chi connectivity index (χ0) is 15.6. The van der Waals surface area contributed by atoms with Crippen molar-refractivity contribution < 1.29 is 19.1 Å². The second-order valence-electron chi connectivity index (χ2n) is 5.37. The van der Waals surface area contributed by atoms with Crippen molar-refractivity contribution in [3.05, 3.63) is 24.3 Å². The molecule has 1 aromatic rings. The molecule has 0 bridgehead atoms. The Morgan fingerprint density at radius 3 is 2.38 bits per heavy atom. The van der Waals surface area contributed by atoms with E-state index in [0.717, 1.165) is 0 Å². The molecule has 5 heteroatoms. The van der Waals surface area contributed by atoms with Gasteiger partial charge in [0.15, 0.2) is 0 Å². The summed E-state index contributed by atoms with van der Waals surface area (Å²) in [5.74, 6) is 0.118. The molecule has 0 N–H and O–H groups in total. The third-order valence-electron chi connectivity index (χ3n) is 3.74. The smallest absolute Gasteiger partial charge is 0.330 e. The maximum absolute atomic E-state index is 12.4. The van der Waals surface area contributed by atoms with Crippen LogP contribution in [0.4, 0.5) is 5.69 Å². The van der Waals surface area contributed by atoms with Gasteiger partial charge in [-0.2, -0.15) is 0 Å². The highest BCUT2D eigenvalue weighted by atomic mass is 16.5. The van der Waals surface area contributed by atoms with Gasteiger partial charge in [-0.1, -0.05) is 13.8 Å². The second kappa shape index (κ2) is 6.16. The summed E-state index contributed by atoms with van der Waals surface area (Å²) >= 11 is 0. The number of hydrogen-bond donors (Lipinski definition) is 0. The first-order valence-electron chi connectivity index (χ1n) is 7.15. The van der Waals surface area contributed by atoms with Gasteiger partial charge in [0.05, 0.1) is 19.6 Å². The summed E-state index contributed by atoms with van der Waals surface area (Å²) in [6.45, 7) is 5.96. The highest BCUT2D eigenvalue weighted by molar-refractivity contribution is 6.10. The lowest BCUT2D eigenvalue weighted by atomic mass is 9.78. The third kappa shape index (κ3) is 2.73. The number of esters is 1. The molecule has 0 saturated carbocycles. The van der Waals surface area contributed by atoms with Crippen molar-refractivity contribution in [2.45, 2.75) is 26.8 Å². The van der Waals surface area contributed by atoms with Gasteiger partial charge < -0.3 is 9.47 Å². The lowest BCUT2D eigenvalue weighted by Crippen LogP contribution is -2.66. The Bertz CT molecular complexity index is 524. The molecule has 1 aliphatic rings. The average molecular weight is 291 g/mol. The van der Waals surface area contributed by atoms with E-state index in [1.165, 1.54) is 4.90 Å². The van der Waals surface area contributed by atoms with Crippen LogP contribution < -0.4 is 9.64 Å². The summed E-state index contributed by atoms with van der Waals surface area (Å²) < 4.78 is 10.2. The van der Waals surface area contributed by atoms with E-state index in [0.29, 0.717) is 18.0 Å². The Kier molecular flexibility index (Phi) is 4.50. The third-order valence-corrected chi connectivity index (χ3v) is 3.74. The lowest BCUT2D eigenvalue weighted by Gasteiger charge is -2.47. The Morgan fingerprint density at radius 1 is 1.29 bits per heavy atom. The molecule has 0 aliphatic carbocycles. The molecule has 2 atom stereocenters. The SMILES string of the molecule is CCOC(=O)[C@@H]1[C@H](C(C)C)C(=O)N1c1ccc(OC)cc1. The molecule has 0 unspecified atom stereocenters. The minimum Gasteiger partial charge on any atom is -0.497 e. The van der Waals surface area contributed by atoms with E-state index in [2.05, 4.69) is 0 Å². The summed E-state index contributed by atoms with van der Waals surface area (Å²) in [5, 5.41) is 0. The first-order chi connectivity index (χ1) is 10.0. The van der Waals surface area contributed by atoms with Crippen LogP contribution in [0.25, 0.3) is 0 Å². The van der Waals surface area contributed by atoms with Crippen molar-refractivity contribution in [1.29, 1.82) is 0 Å². The highest BCUT2D eigenvalue weighted by Gasteiger charge is 2.54. The normalized spacial score (nSPS) is 21.2. The molecule has 114 valence electrons. The van der Waals surface area contributed by atoms with Gasteiger partial charge in [0, 0.05) is 5.69 Å². The number of anilines is 1. The van der Waals surface area contributed by atoms with Crippen LogP contribution in [0, 0.1) is 11.8 Å². The molecule has 21 heavy (non-hydrogen) atoms. The molecule has 5 nitrogen and oxygen atoms in total. The van der Waals surface area contributed by atoms with Crippen molar-refractivity contribution >= 4 is 17.6 Å². The lowest BCUT2D eigenvalue weighted by molar-refractivity contribution is -0.155. The van der Waals surface area contributed by atoms with E-state index in [1.807, 2.05) is 13.8 Å². The van der Waals surface area contributed by atoms with Crippen LogP contribution in [0.5, 0.6) is 5.75 Å². The molecule has 0 spiro atoms. The molecule has 1 amide bonds. The van der Waals surface area contributed by atoms with Crippen LogP contribution >= 0.6 is 0 Å². The number of amides is 1. The van der Waals surface area contributed by atoms with E-state index in [1.54, 1.807) is 38.3 Å². The van der Waals surface area contributed by atoms with Crippen LogP contribution in [-0.4, -0.2) is 31.6 Å². The standard InChI is InChI=1S/C16H21NO4/c1-5-21-16(19)14-13(10(2)3)15(18)17(14)11-6-8-12(20-4)9-7-11/h6-10,13-14H,5H2,1-4H3/t13-,14-/m0/s1. The monoisotopic (exact) mass is 291 g/mol. The summed E-state index contributed by atoms with van der Waals surface area (Å²) in [6.07, 6.45) is 0. The van der Waals surface area contributed by atoms with E-state index in [9.17, 15) is 9.59 Å². The molecular formula is C16H21NO4. The van der Waals surface area contributed by atoms with E-state index < -0.39 is 6.04 Å². The molecular weight excluding hydrogens is 270 g/mol. The van der Waals surface area contributed by atoms with Gasteiger partial charge >= 0.3 is 5.97 Å². The largest absolute Gasteiger partial charge is 0.497 e. The number of hydrogen-bond acceptors (Lipinski definition) is 4. The number of carbonyl (C=O) groups is 2. The van der Waals surface area contributed by atoms with Crippen LogP contribution in [0.1, 0.15) is 20.8 Å². The molecule has 2 rings (SSSR count). The van der Waals surface area contributed by atoms with Gasteiger partial charge in [-0.3, -0.25) is 9.69 Å². The maximum Gasteiger partial charge on any atom is 0.330 e. The quantitative estimate of drug-likeness (QED) is 0.617. The van der Waals surface area contributed by atoms with E-state index in [4.69, 9.17) is 9.47 Å². The molecule has 1 saturated heterocycles. The Labute approximate surface area is 124 Å². The number of ether oxygens (including phenoxy) is 2. The molecule has 0 radical (unpaired) electrons. The fourth-order valence-corrected chi connectivity index (χ4v) is 2.67. The summed E-state index contributed by atoms with van der Waals surface area (Å²) in [4.78, 5) is 26.0. The first-order valence-corrected chi connectivity index (χ1v) is 7.15. The van der Waals surface area contributed by atoms with Crippen molar-refractivity contribution in [2.75, 3.05) is 18.6 Å². The molecule has 1 aromatic carbocycles. The van der Waals surface area contributed by atoms with Crippen LogP contribution in [0.3, 0.4) is 0 Å². The first kappa shape index (κ1) is 15.4. The summed E-state index contributed by atoms with van der Waals surface area (Å²) in [6, 6.07) is 6.56. The Hall–Kier alpha value is -2.04. The molecule has 0 aromatic heterocycles. The molecule has 1 fully saturated rings. The van der Waals surface area contributed by atoms with Crippen molar-refractivity contribution in [2.24, 2.45) is 11.8 Å². The van der Waals surface area contributed by atoms with Crippen LogP contribution in [0.2, 0.25) is 0 Å². The topological polar surface area (TPSA) is 55.8 Å². The average Bonchev–Trinajstić information content (AvgIpc) is 2.45. The predicted octanol–water partition coefficient (Wildman–Crippen LogP) is 2.25. The zero-order valence-corrected chi connectivity index (χ0v) is 12.8. The summed E-state index contributed by atoms with van der Waals surface area (Å²) in [5.41, 5.74) is 0.691. The second-order valence-corrected chi connectivity index (χ2v) is 5.37. The van der Waals surface area contributed by atoms with Crippen LogP contribution in [-0.2, 0) is 14.3 Å². The Morgan fingerprint density at radius 2 is 1.90 bits per heavy atom.